The number of rotatable bonds is 2. The van der Waals surface area contributed by atoms with Crippen LogP contribution in [0.4, 0.5) is 0 Å². The predicted molar refractivity (Wildman–Crippen MR) is 109 cm³/mol. The summed E-state index contributed by atoms with van der Waals surface area (Å²) in [6.45, 7) is 5.32. The molecule has 29 heavy (non-hydrogen) atoms. The molecule has 2 bridgehead atoms. The summed E-state index contributed by atoms with van der Waals surface area (Å²) in [5.41, 5.74) is 1.51. The largest absolute Gasteiger partial charge is 0.465 e. The van der Waals surface area contributed by atoms with Crippen LogP contribution in [-0.2, 0) is 11.8 Å². The molecule has 0 unspecified atom stereocenters. The normalized spacial score (nSPS) is 25.0. The summed E-state index contributed by atoms with van der Waals surface area (Å²) in [6, 6.07) is 7.13. The maximum atomic E-state index is 13.4. The van der Waals surface area contributed by atoms with Crippen LogP contribution in [0.25, 0.3) is 6.08 Å². The Hall–Kier alpha value is -3.00. The molecule has 3 atom stereocenters. The lowest BCUT2D eigenvalue weighted by Gasteiger charge is -2.45. The second kappa shape index (κ2) is 6.00. The smallest absolute Gasteiger partial charge is 0.270 e. The Morgan fingerprint density at radius 3 is 2.79 bits per heavy atom. The minimum Gasteiger partial charge on any atom is -0.465 e. The highest BCUT2D eigenvalue weighted by Crippen LogP contribution is 2.47. The van der Waals surface area contributed by atoms with Gasteiger partial charge >= 0.3 is 0 Å². The Bertz CT molecular complexity index is 1350. The average molecular weight is 408 g/mol. The maximum absolute atomic E-state index is 13.4. The van der Waals surface area contributed by atoms with E-state index in [1.807, 2.05) is 51.2 Å². The van der Waals surface area contributed by atoms with Crippen LogP contribution in [0.2, 0.25) is 0 Å². The van der Waals surface area contributed by atoms with Crippen LogP contribution in [0.3, 0.4) is 0 Å². The number of benzene rings is 1. The van der Waals surface area contributed by atoms with Gasteiger partial charge in [0.1, 0.15) is 17.5 Å². The van der Waals surface area contributed by atoms with Crippen molar-refractivity contribution < 1.29 is 9.53 Å². The Labute approximate surface area is 170 Å². The van der Waals surface area contributed by atoms with Crippen molar-refractivity contribution in [1.29, 1.82) is 0 Å². The molecule has 3 aromatic rings. The number of aromatic nitrogens is 3. The van der Waals surface area contributed by atoms with Gasteiger partial charge in [-0.05, 0) is 32.9 Å². The highest BCUT2D eigenvalue weighted by atomic mass is 32.1. The minimum atomic E-state index is -1.04. The van der Waals surface area contributed by atoms with Gasteiger partial charge in [-0.25, -0.2) is 4.99 Å². The topological polar surface area (TPSA) is 78.5 Å². The molecule has 0 saturated heterocycles. The summed E-state index contributed by atoms with van der Waals surface area (Å²) in [5.74, 6) is 0.0527. The second-order valence-corrected chi connectivity index (χ2v) is 8.73. The lowest BCUT2D eigenvalue weighted by molar-refractivity contribution is -0.132. The molecular formula is C21H20N4O3S. The van der Waals surface area contributed by atoms with Crippen molar-refractivity contribution in [3.8, 4) is 5.75 Å². The number of ether oxygens (including phenoxy) is 1. The molecule has 5 rings (SSSR count). The number of thiazole rings is 1. The number of carbonyl (C=O) groups is 1. The molecule has 0 amide bonds. The number of Topliss-reactive ketones (excluding diaryl/α,β-unsaturated/α-hetero) is 1. The van der Waals surface area contributed by atoms with Crippen molar-refractivity contribution in [2.24, 2.45) is 18.0 Å². The standard InChI is InChI=1S/C21H20N4O3S/c1-11-13(10-22-24(11)4)9-16-19(27)25-18-14-7-5-6-8-15(14)28-21(3,17(18)12(2)26)23-20(25)29-16/h5-10,17-18H,1-4H3/b16-9+/t17-,18+,21+/m1/s1. The van der Waals surface area contributed by atoms with Crippen molar-refractivity contribution in [1.82, 2.24) is 14.3 Å². The molecular weight excluding hydrogens is 388 g/mol. The number of aryl methyl sites for hydroxylation is 1. The molecule has 0 radical (unpaired) electrons. The minimum absolute atomic E-state index is 0.0480. The highest BCUT2D eigenvalue weighted by Gasteiger charge is 2.53. The molecule has 148 valence electrons. The fourth-order valence-electron chi connectivity index (χ4n) is 4.35. The number of nitrogens with zero attached hydrogens (tertiary/aromatic N) is 4. The van der Waals surface area contributed by atoms with Crippen molar-refractivity contribution in [2.45, 2.75) is 32.5 Å². The van der Waals surface area contributed by atoms with Gasteiger partial charge in [0.15, 0.2) is 4.80 Å². The molecule has 2 aliphatic rings. The Balaban J connectivity index is 1.82. The first-order valence-electron chi connectivity index (χ1n) is 9.40. The number of hydrogen-bond donors (Lipinski definition) is 0. The molecule has 1 aromatic carbocycles. The number of carbonyl (C=O) groups excluding carboxylic acids is 1. The number of hydrogen-bond acceptors (Lipinski definition) is 6. The van der Waals surface area contributed by atoms with Crippen LogP contribution in [0.5, 0.6) is 5.75 Å². The summed E-state index contributed by atoms with van der Waals surface area (Å²) in [7, 11) is 1.87. The van der Waals surface area contributed by atoms with E-state index in [0.29, 0.717) is 15.1 Å². The summed E-state index contributed by atoms with van der Waals surface area (Å²) in [4.78, 5) is 31.4. The van der Waals surface area contributed by atoms with E-state index in [1.54, 1.807) is 15.4 Å². The van der Waals surface area contributed by atoms with Gasteiger partial charge < -0.3 is 4.74 Å². The van der Waals surface area contributed by atoms with Crippen LogP contribution in [0.15, 0.2) is 40.2 Å². The zero-order chi connectivity index (χ0) is 20.5. The molecule has 2 aliphatic heterocycles. The summed E-state index contributed by atoms with van der Waals surface area (Å²) < 4.78 is 10.2. The van der Waals surface area contributed by atoms with E-state index < -0.39 is 17.7 Å². The molecule has 0 saturated carbocycles. The van der Waals surface area contributed by atoms with Gasteiger partial charge in [-0.15, -0.1) is 0 Å². The van der Waals surface area contributed by atoms with E-state index in [0.717, 1.165) is 16.8 Å². The van der Waals surface area contributed by atoms with Crippen LogP contribution in [0.1, 0.15) is 36.7 Å². The SMILES string of the molecule is CC(=O)[C@@H]1[C@@H]2c3ccccc3O[C@]1(C)N=c1s/c(=C/c3cnn(C)c3C)c(=O)n12. The van der Waals surface area contributed by atoms with Crippen LogP contribution >= 0.6 is 11.3 Å². The van der Waals surface area contributed by atoms with E-state index in [2.05, 4.69) is 5.10 Å². The first-order chi connectivity index (χ1) is 13.8. The Kier molecular flexibility index (Phi) is 3.73. The van der Waals surface area contributed by atoms with Gasteiger partial charge in [0.05, 0.1) is 16.8 Å². The number of fused-ring (bicyclic) bond motifs is 6. The van der Waals surface area contributed by atoms with Crippen molar-refractivity contribution in [2.75, 3.05) is 0 Å². The first-order valence-corrected chi connectivity index (χ1v) is 10.2. The predicted octanol–water partition coefficient (Wildman–Crippen LogP) is 1.32. The summed E-state index contributed by atoms with van der Waals surface area (Å²) in [5, 5.41) is 4.25. The van der Waals surface area contributed by atoms with Gasteiger partial charge in [-0.3, -0.25) is 18.8 Å². The van der Waals surface area contributed by atoms with Crippen molar-refractivity contribution >= 4 is 23.2 Å². The zero-order valence-corrected chi connectivity index (χ0v) is 17.4. The summed E-state index contributed by atoms with van der Waals surface area (Å²) in [6.07, 6.45) is 3.59. The number of para-hydroxylation sites is 1. The van der Waals surface area contributed by atoms with Gasteiger partial charge in [-0.2, -0.15) is 5.10 Å². The molecule has 0 fully saturated rings. The fraction of sp³-hybridized carbons (Fsp3) is 0.333. The average Bonchev–Trinajstić information content (AvgIpc) is 3.13. The molecule has 2 aromatic heterocycles. The monoisotopic (exact) mass is 408 g/mol. The molecule has 7 nitrogen and oxygen atoms in total. The van der Waals surface area contributed by atoms with Crippen molar-refractivity contribution in [3.63, 3.8) is 0 Å². The Morgan fingerprint density at radius 1 is 1.34 bits per heavy atom. The lowest BCUT2D eigenvalue weighted by Crippen LogP contribution is -2.58. The van der Waals surface area contributed by atoms with Crippen LogP contribution in [-0.4, -0.2) is 25.9 Å². The quantitative estimate of drug-likeness (QED) is 0.641. The second-order valence-electron chi connectivity index (χ2n) is 7.72. The van der Waals surface area contributed by atoms with Gasteiger partial charge in [0.25, 0.3) is 5.56 Å². The third-order valence-corrected chi connectivity index (χ3v) is 6.86. The van der Waals surface area contributed by atoms with E-state index in [-0.39, 0.29) is 11.3 Å². The summed E-state index contributed by atoms with van der Waals surface area (Å²) >= 11 is 1.32. The molecule has 0 N–H and O–H groups in total. The number of ketones is 1. The van der Waals surface area contributed by atoms with Gasteiger partial charge in [-0.1, -0.05) is 29.5 Å². The van der Waals surface area contributed by atoms with Gasteiger partial charge in [0, 0.05) is 23.9 Å². The molecule has 4 heterocycles. The lowest BCUT2D eigenvalue weighted by atomic mass is 9.79. The van der Waals surface area contributed by atoms with Gasteiger partial charge in [0.2, 0.25) is 5.72 Å². The zero-order valence-electron chi connectivity index (χ0n) is 16.5. The first kappa shape index (κ1) is 18.1. The highest BCUT2D eigenvalue weighted by molar-refractivity contribution is 7.07. The fourth-order valence-corrected chi connectivity index (χ4v) is 5.44. The van der Waals surface area contributed by atoms with Crippen LogP contribution < -0.4 is 19.6 Å². The third-order valence-electron chi connectivity index (χ3n) is 5.88. The van der Waals surface area contributed by atoms with E-state index in [1.165, 1.54) is 18.3 Å². The van der Waals surface area contributed by atoms with E-state index in [4.69, 9.17) is 9.73 Å². The van der Waals surface area contributed by atoms with E-state index in [9.17, 15) is 9.59 Å². The maximum Gasteiger partial charge on any atom is 0.270 e. The Morgan fingerprint density at radius 2 is 2.10 bits per heavy atom. The third kappa shape index (κ3) is 2.48. The molecule has 0 spiro atoms. The molecule has 0 aliphatic carbocycles. The van der Waals surface area contributed by atoms with E-state index >= 15 is 0 Å². The van der Waals surface area contributed by atoms with Crippen LogP contribution in [0, 0.1) is 12.8 Å². The van der Waals surface area contributed by atoms with Crippen molar-refractivity contribution in [3.05, 3.63) is 67.0 Å². The molecule has 8 heteroatoms.